The van der Waals surface area contributed by atoms with Crippen molar-refractivity contribution in [2.45, 2.75) is 39.3 Å². The number of thiazole rings is 1. The molecule has 0 unspecified atom stereocenters. The molecular weight excluding hydrogens is 528 g/mol. The van der Waals surface area contributed by atoms with E-state index in [1.807, 2.05) is 57.2 Å². The van der Waals surface area contributed by atoms with Crippen molar-refractivity contribution in [3.63, 3.8) is 0 Å². The number of anilines is 1. The minimum absolute atomic E-state index is 0.000163. The monoisotopic (exact) mass is 556 g/mol. The molecule has 6 rings (SSSR count). The molecule has 0 aliphatic carbocycles. The molecule has 3 aromatic carbocycles. The number of ketones is 1. The summed E-state index contributed by atoms with van der Waals surface area (Å²) in [5.74, 6) is 0.281. The number of carbonyl (C=O) groups excluding carboxylic acids is 2. The lowest BCUT2D eigenvalue weighted by Gasteiger charge is -2.23. The number of carbonyl (C=O) groups is 2. The Morgan fingerprint density at radius 1 is 1.05 bits per heavy atom. The van der Waals surface area contributed by atoms with Gasteiger partial charge in [-0.1, -0.05) is 23.5 Å². The number of hydrogen-bond donors (Lipinski definition) is 1. The fraction of sp³-hybridized carbons (Fsp3) is 0.258. The van der Waals surface area contributed by atoms with E-state index in [1.165, 1.54) is 16.2 Å². The van der Waals surface area contributed by atoms with Gasteiger partial charge in [0.25, 0.3) is 5.78 Å². The van der Waals surface area contributed by atoms with Crippen LogP contribution in [-0.4, -0.2) is 41.1 Å². The van der Waals surface area contributed by atoms with Crippen molar-refractivity contribution in [3.05, 3.63) is 82.9 Å². The van der Waals surface area contributed by atoms with Crippen LogP contribution in [0.3, 0.4) is 0 Å². The minimum Gasteiger partial charge on any atom is -0.507 e. The van der Waals surface area contributed by atoms with E-state index in [1.54, 1.807) is 24.3 Å². The van der Waals surface area contributed by atoms with Crippen LogP contribution >= 0.6 is 11.3 Å². The van der Waals surface area contributed by atoms with E-state index in [0.717, 1.165) is 16.0 Å². The van der Waals surface area contributed by atoms with Crippen LogP contribution in [0.15, 0.2) is 66.2 Å². The molecule has 8 nitrogen and oxygen atoms in total. The number of benzene rings is 3. The van der Waals surface area contributed by atoms with Gasteiger partial charge in [0.05, 0.1) is 35.0 Å². The molecule has 40 heavy (non-hydrogen) atoms. The molecule has 1 amide bonds. The summed E-state index contributed by atoms with van der Waals surface area (Å²) in [5, 5.41) is 11.9. The first-order valence-corrected chi connectivity index (χ1v) is 14.1. The maximum absolute atomic E-state index is 13.6. The van der Waals surface area contributed by atoms with E-state index in [0.29, 0.717) is 52.9 Å². The summed E-state index contributed by atoms with van der Waals surface area (Å²) in [4.78, 5) is 33.4. The SMILES string of the molecule is CCOc1cccc([C@@H]2C(=C(O)c3ccc4c(c3)C[C@H](C)O4)C(=O)C(=O)N2c2nc3ccc(OCC)cc3s2)c1. The molecule has 1 N–H and O–H groups in total. The van der Waals surface area contributed by atoms with Crippen LogP contribution in [0.5, 0.6) is 17.2 Å². The zero-order valence-electron chi connectivity index (χ0n) is 22.3. The van der Waals surface area contributed by atoms with Crippen molar-refractivity contribution >= 4 is 44.1 Å². The lowest BCUT2D eigenvalue weighted by Crippen LogP contribution is -2.29. The second-order valence-corrected chi connectivity index (χ2v) is 10.7. The number of nitrogens with zero attached hydrogens (tertiary/aromatic N) is 2. The molecule has 0 saturated carbocycles. The van der Waals surface area contributed by atoms with Gasteiger partial charge in [0.2, 0.25) is 0 Å². The van der Waals surface area contributed by atoms with Crippen molar-refractivity contribution in [1.29, 1.82) is 0 Å². The second-order valence-electron chi connectivity index (χ2n) is 9.69. The predicted octanol–water partition coefficient (Wildman–Crippen LogP) is 6.04. The topological polar surface area (TPSA) is 98.2 Å². The van der Waals surface area contributed by atoms with Crippen molar-refractivity contribution in [3.8, 4) is 17.2 Å². The molecule has 1 saturated heterocycles. The van der Waals surface area contributed by atoms with Gasteiger partial charge in [0.15, 0.2) is 5.13 Å². The number of aliphatic hydroxyl groups is 1. The molecule has 1 aromatic heterocycles. The van der Waals surface area contributed by atoms with Crippen LogP contribution in [0.1, 0.15) is 43.5 Å². The molecule has 2 aliphatic heterocycles. The number of hydrogen-bond acceptors (Lipinski definition) is 8. The Labute approximate surface area is 235 Å². The Kier molecular flexibility index (Phi) is 6.67. The van der Waals surface area contributed by atoms with Gasteiger partial charge in [-0.2, -0.15) is 0 Å². The minimum atomic E-state index is -0.907. The van der Waals surface area contributed by atoms with Crippen LogP contribution in [0.25, 0.3) is 16.0 Å². The van der Waals surface area contributed by atoms with Crippen molar-refractivity contribution < 1.29 is 28.9 Å². The van der Waals surface area contributed by atoms with Crippen LogP contribution in [0.4, 0.5) is 5.13 Å². The molecule has 1 fully saturated rings. The number of amides is 1. The third-order valence-corrected chi connectivity index (χ3v) is 7.98. The van der Waals surface area contributed by atoms with Gasteiger partial charge in [-0.25, -0.2) is 4.98 Å². The number of rotatable bonds is 7. The number of ether oxygens (including phenoxy) is 3. The van der Waals surface area contributed by atoms with Crippen molar-refractivity contribution in [2.75, 3.05) is 18.1 Å². The lowest BCUT2D eigenvalue weighted by molar-refractivity contribution is -0.132. The van der Waals surface area contributed by atoms with Gasteiger partial charge >= 0.3 is 5.91 Å². The number of fused-ring (bicyclic) bond motifs is 2. The normalized spacial score (nSPS) is 19.6. The van der Waals surface area contributed by atoms with Gasteiger partial charge in [-0.3, -0.25) is 14.5 Å². The van der Waals surface area contributed by atoms with E-state index < -0.39 is 17.7 Å². The molecular formula is C31H28N2O6S. The van der Waals surface area contributed by atoms with E-state index in [-0.39, 0.29) is 17.4 Å². The fourth-order valence-corrected chi connectivity index (χ4v) is 6.28. The lowest BCUT2D eigenvalue weighted by atomic mass is 9.94. The molecule has 0 radical (unpaired) electrons. The van der Waals surface area contributed by atoms with E-state index >= 15 is 0 Å². The molecule has 2 aliphatic rings. The number of aliphatic hydroxyl groups excluding tert-OH is 1. The zero-order chi connectivity index (χ0) is 28.0. The second kappa shape index (κ2) is 10.3. The summed E-state index contributed by atoms with van der Waals surface area (Å²) in [6.07, 6.45) is 0.724. The Morgan fingerprint density at radius 3 is 2.60 bits per heavy atom. The smallest absolute Gasteiger partial charge is 0.301 e. The quantitative estimate of drug-likeness (QED) is 0.168. The molecule has 4 aromatic rings. The van der Waals surface area contributed by atoms with Crippen molar-refractivity contribution in [2.24, 2.45) is 0 Å². The Hall–Kier alpha value is -4.37. The van der Waals surface area contributed by atoms with Crippen LogP contribution in [0.2, 0.25) is 0 Å². The molecule has 3 heterocycles. The molecule has 2 atom stereocenters. The van der Waals surface area contributed by atoms with Crippen LogP contribution < -0.4 is 19.1 Å². The Balaban J connectivity index is 1.51. The van der Waals surface area contributed by atoms with Gasteiger partial charge in [0, 0.05) is 12.0 Å². The summed E-state index contributed by atoms with van der Waals surface area (Å²) in [5.41, 5.74) is 2.70. The Morgan fingerprint density at radius 2 is 1.82 bits per heavy atom. The third-order valence-electron chi connectivity index (χ3n) is 6.96. The van der Waals surface area contributed by atoms with Gasteiger partial charge in [-0.15, -0.1) is 0 Å². The fourth-order valence-electron chi connectivity index (χ4n) is 5.26. The van der Waals surface area contributed by atoms with E-state index in [4.69, 9.17) is 19.2 Å². The first kappa shape index (κ1) is 25.9. The first-order valence-electron chi connectivity index (χ1n) is 13.2. The van der Waals surface area contributed by atoms with Gasteiger partial charge in [0.1, 0.15) is 29.1 Å². The highest BCUT2D eigenvalue weighted by Crippen LogP contribution is 2.45. The zero-order valence-corrected chi connectivity index (χ0v) is 23.2. The summed E-state index contributed by atoms with van der Waals surface area (Å²) >= 11 is 1.29. The Bertz CT molecular complexity index is 1680. The molecule has 0 bridgehead atoms. The summed E-state index contributed by atoms with van der Waals surface area (Å²) in [7, 11) is 0. The number of aromatic nitrogens is 1. The molecule has 0 spiro atoms. The van der Waals surface area contributed by atoms with Crippen molar-refractivity contribution in [1.82, 2.24) is 4.98 Å². The molecule has 9 heteroatoms. The standard InChI is InChI=1S/C31H28N2O6S/c1-4-37-21-8-6-7-18(15-21)27-26(28(34)19-9-12-24-20(14-19)13-17(3)39-24)29(35)30(36)33(27)31-32-23-11-10-22(38-5-2)16-25(23)40-31/h6-12,14-17,27,34H,4-5,13H2,1-3H3/t17-,27+/m0/s1. The van der Waals surface area contributed by atoms with Gasteiger partial charge in [-0.05, 0) is 80.4 Å². The third kappa shape index (κ3) is 4.46. The highest BCUT2D eigenvalue weighted by molar-refractivity contribution is 7.22. The number of Topliss-reactive ketones (excluding diaryl/α,β-unsaturated/α-hetero) is 1. The average Bonchev–Trinajstić information content (AvgIpc) is 3.61. The summed E-state index contributed by atoms with van der Waals surface area (Å²) in [6.45, 7) is 6.75. The maximum Gasteiger partial charge on any atom is 0.301 e. The predicted molar refractivity (Wildman–Crippen MR) is 153 cm³/mol. The largest absolute Gasteiger partial charge is 0.507 e. The highest BCUT2D eigenvalue weighted by atomic mass is 32.1. The van der Waals surface area contributed by atoms with Crippen LogP contribution in [0, 0.1) is 0 Å². The van der Waals surface area contributed by atoms with E-state index in [9.17, 15) is 14.7 Å². The first-order chi connectivity index (χ1) is 19.4. The highest BCUT2D eigenvalue weighted by Gasteiger charge is 2.48. The maximum atomic E-state index is 13.6. The van der Waals surface area contributed by atoms with Gasteiger partial charge < -0.3 is 19.3 Å². The van der Waals surface area contributed by atoms with Crippen LogP contribution in [-0.2, 0) is 16.0 Å². The molecule has 204 valence electrons. The summed E-state index contributed by atoms with van der Waals surface area (Å²) < 4.78 is 18.0. The van der Waals surface area contributed by atoms with E-state index in [2.05, 4.69) is 0 Å². The average molecular weight is 557 g/mol. The summed E-state index contributed by atoms with van der Waals surface area (Å²) in [6, 6.07) is 17.2.